The molecule has 0 radical (unpaired) electrons. The van der Waals surface area contributed by atoms with E-state index in [-0.39, 0.29) is 11.7 Å². The van der Waals surface area contributed by atoms with Crippen molar-refractivity contribution in [2.45, 2.75) is 16.2 Å². The van der Waals surface area contributed by atoms with Crippen LogP contribution in [0.4, 0.5) is 5.69 Å². The van der Waals surface area contributed by atoms with Crippen LogP contribution in [0.2, 0.25) is 0 Å². The van der Waals surface area contributed by atoms with Gasteiger partial charge in [0.05, 0.1) is 11.4 Å². The third-order valence-electron chi connectivity index (χ3n) is 5.50. The van der Waals surface area contributed by atoms with E-state index in [0.29, 0.717) is 12.1 Å². The topological polar surface area (TPSA) is 61.7 Å². The molecule has 1 aliphatic heterocycles. The summed E-state index contributed by atoms with van der Waals surface area (Å²) >= 11 is 1.64. The van der Waals surface area contributed by atoms with E-state index in [2.05, 4.69) is 29.6 Å². The van der Waals surface area contributed by atoms with E-state index in [1.807, 2.05) is 60.7 Å². The second-order valence-electron chi connectivity index (χ2n) is 7.78. The van der Waals surface area contributed by atoms with Crippen molar-refractivity contribution in [1.82, 2.24) is 5.32 Å². The lowest BCUT2D eigenvalue weighted by atomic mass is 10.0. The number of aromatic hydroxyl groups is 1. The number of hydrogen-bond acceptors (Lipinski definition) is 4. The summed E-state index contributed by atoms with van der Waals surface area (Å²) in [7, 11) is 0. The van der Waals surface area contributed by atoms with E-state index in [0.717, 1.165) is 38.7 Å². The van der Waals surface area contributed by atoms with Gasteiger partial charge < -0.3 is 10.4 Å². The lowest BCUT2D eigenvalue weighted by Crippen LogP contribution is -2.25. The number of nitrogens with zero attached hydrogens (tertiary/aromatic N) is 1. The van der Waals surface area contributed by atoms with Crippen molar-refractivity contribution in [1.29, 1.82) is 0 Å². The molecule has 0 saturated carbocycles. The second-order valence-corrected chi connectivity index (χ2v) is 8.86. The summed E-state index contributed by atoms with van der Waals surface area (Å²) in [6.07, 6.45) is 0.784. The molecule has 0 aromatic heterocycles. The number of nitrogens with one attached hydrogen (secondary N) is 1. The number of aliphatic imine (C=N–C) groups is 1. The number of carbonyl (C=O) groups excluding carboxylic acids is 1. The van der Waals surface area contributed by atoms with Crippen molar-refractivity contribution in [3.05, 3.63) is 119 Å². The lowest BCUT2D eigenvalue weighted by molar-refractivity contribution is 0.0954. The van der Waals surface area contributed by atoms with Crippen LogP contribution in [0, 0.1) is 0 Å². The van der Waals surface area contributed by atoms with Gasteiger partial charge in [-0.05, 0) is 60.5 Å². The van der Waals surface area contributed by atoms with Gasteiger partial charge in [-0.15, -0.1) is 0 Å². The maximum Gasteiger partial charge on any atom is 0.251 e. The summed E-state index contributed by atoms with van der Waals surface area (Å²) in [4.78, 5) is 19.9. The fraction of sp³-hybridized carbons (Fsp3) is 0.0714. The minimum atomic E-state index is -0.109. The van der Waals surface area contributed by atoms with Crippen molar-refractivity contribution in [3.8, 4) is 5.75 Å². The molecule has 4 aromatic carbocycles. The number of benzene rings is 4. The first kappa shape index (κ1) is 21.0. The molecule has 2 N–H and O–H groups in total. The highest BCUT2D eigenvalue weighted by atomic mass is 32.2. The van der Waals surface area contributed by atoms with Gasteiger partial charge in [-0.25, -0.2) is 4.99 Å². The molecule has 0 bridgehead atoms. The molecule has 1 amide bonds. The van der Waals surface area contributed by atoms with Crippen molar-refractivity contribution < 1.29 is 9.90 Å². The largest absolute Gasteiger partial charge is 0.508 e. The van der Waals surface area contributed by atoms with Gasteiger partial charge in [-0.2, -0.15) is 0 Å². The summed E-state index contributed by atoms with van der Waals surface area (Å²) in [5, 5.41) is 12.7. The Balaban J connectivity index is 1.45. The third-order valence-corrected chi connectivity index (χ3v) is 6.64. The summed E-state index contributed by atoms with van der Waals surface area (Å²) < 4.78 is 0. The number of phenols is 1. The third kappa shape index (κ3) is 4.69. The van der Waals surface area contributed by atoms with Crippen molar-refractivity contribution in [3.63, 3.8) is 0 Å². The van der Waals surface area contributed by atoms with Crippen LogP contribution in [-0.2, 0) is 6.42 Å². The van der Waals surface area contributed by atoms with Gasteiger partial charge in [-0.1, -0.05) is 60.3 Å². The van der Waals surface area contributed by atoms with E-state index in [1.165, 1.54) is 5.56 Å². The predicted molar refractivity (Wildman–Crippen MR) is 133 cm³/mol. The fourth-order valence-corrected chi connectivity index (χ4v) is 4.79. The molecule has 5 rings (SSSR count). The Morgan fingerprint density at radius 1 is 0.848 bits per heavy atom. The highest BCUT2D eigenvalue weighted by molar-refractivity contribution is 7.99. The Morgan fingerprint density at radius 3 is 2.42 bits per heavy atom. The maximum absolute atomic E-state index is 12.8. The zero-order chi connectivity index (χ0) is 22.6. The van der Waals surface area contributed by atoms with Gasteiger partial charge in [-0.3, -0.25) is 4.79 Å². The first-order valence-corrected chi connectivity index (χ1v) is 11.6. The fourth-order valence-electron chi connectivity index (χ4n) is 3.79. The highest BCUT2D eigenvalue weighted by Gasteiger charge is 2.20. The number of phenolic OH excluding ortho intramolecular Hbond substituents is 1. The van der Waals surface area contributed by atoms with E-state index in [9.17, 15) is 9.90 Å². The molecule has 4 aromatic rings. The van der Waals surface area contributed by atoms with Crippen molar-refractivity contribution in [2.24, 2.45) is 4.99 Å². The smallest absolute Gasteiger partial charge is 0.251 e. The molecule has 0 spiro atoms. The molecule has 1 heterocycles. The first-order chi connectivity index (χ1) is 16.2. The Morgan fingerprint density at radius 2 is 1.61 bits per heavy atom. The zero-order valence-corrected chi connectivity index (χ0v) is 18.7. The molecule has 1 aliphatic rings. The van der Waals surface area contributed by atoms with Gasteiger partial charge in [0, 0.05) is 33.0 Å². The molecule has 0 fully saturated rings. The van der Waals surface area contributed by atoms with Gasteiger partial charge in [0.15, 0.2) is 0 Å². The monoisotopic (exact) mass is 450 g/mol. The van der Waals surface area contributed by atoms with Crippen LogP contribution in [0.15, 0.2) is 112 Å². The molecule has 162 valence electrons. The van der Waals surface area contributed by atoms with Gasteiger partial charge in [0.25, 0.3) is 5.91 Å². The van der Waals surface area contributed by atoms with Crippen LogP contribution in [0.25, 0.3) is 0 Å². The molecule has 5 heteroatoms. The van der Waals surface area contributed by atoms with E-state index in [1.54, 1.807) is 23.9 Å². The molecule has 33 heavy (non-hydrogen) atoms. The van der Waals surface area contributed by atoms with Crippen LogP contribution in [0.5, 0.6) is 5.75 Å². The highest BCUT2D eigenvalue weighted by Crippen LogP contribution is 2.41. The minimum Gasteiger partial charge on any atom is -0.508 e. The predicted octanol–water partition coefficient (Wildman–Crippen LogP) is 6.00. The van der Waals surface area contributed by atoms with Crippen molar-refractivity contribution >= 4 is 29.1 Å². The summed E-state index contributed by atoms with van der Waals surface area (Å²) in [6.45, 7) is 0.572. The Labute approximate surface area is 197 Å². The van der Waals surface area contributed by atoms with Gasteiger partial charge >= 0.3 is 0 Å². The van der Waals surface area contributed by atoms with Gasteiger partial charge in [0.1, 0.15) is 5.75 Å². The quantitative estimate of drug-likeness (QED) is 0.345. The number of fused-ring (bicyclic) bond motifs is 2. The maximum atomic E-state index is 12.8. The van der Waals surface area contributed by atoms with Gasteiger partial charge in [0.2, 0.25) is 0 Å². The van der Waals surface area contributed by atoms with Crippen molar-refractivity contribution in [2.75, 3.05) is 6.54 Å². The molecule has 0 unspecified atom stereocenters. The molecular weight excluding hydrogens is 428 g/mol. The van der Waals surface area contributed by atoms with E-state index in [4.69, 9.17) is 4.99 Å². The number of carbonyl (C=O) groups is 1. The van der Waals surface area contributed by atoms with Crippen LogP contribution in [-0.4, -0.2) is 23.3 Å². The Bertz CT molecular complexity index is 1330. The SMILES string of the molecule is O=C(NCCc1ccccc1)c1ccc2c(c1)N=C(c1ccc(O)cc1)c1ccccc1S2. The van der Waals surface area contributed by atoms with Crippen LogP contribution < -0.4 is 5.32 Å². The molecule has 0 aliphatic carbocycles. The average molecular weight is 451 g/mol. The summed E-state index contributed by atoms with van der Waals surface area (Å²) in [5.74, 6) is 0.104. The number of hydrogen-bond donors (Lipinski definition) is 2. The molecular formula is C28H22N2O2S. The minimum absolute atomic E-state index is 0.109. The van der Waals surface area contributed by atoms with E-state index < -0.39 is 0 Å². The zero-order valence-electron chi connectivity index (χ0n) is 17.9. The van der Waals surface area contributed by atoms with Crippen LogP contribution >= 0.6 is 11.8 Å². The lowest BCUT2D eigenvalue weighted by Gasteiger charge is -2.09. The standard InChI is InChI=1S/C28H22N2O2S/c31-22-13-10-20(11-14-22)27-23-8-4-5-9-25(23)33-26-15-12-21(18-24(26)30-27)28(32)29-17-16-19-6-2-1-3-7-19/h1-15,18,31H,16-17H2,(H,29,32). The second kappa shape index (κ2) is 9.35. The Hall–Kier alpha value is -3.83. The first-order valence-electron chi connectivity index (χ1n) is 10.8. The summed E-state index contributed by atoms with van der Waals surface area (Å²) in [6, 6.07) is 31.0. The summed E-state index contributed by atoms with van der Waals surface area (Å²) in [5.41, 5.74) is 5.29. The number of amides is 1. The molecule has 0 atom stereocenters. The molecule has 0 saturated heterocycles. The number of rotatable bonds is 5. The average Bonchev–Trinajstić information content (AvgIpc) is 3.01. The van der Waals surface area contributed by atoms with Crippen LogP contribution in [0.3, 0.4) is 0 Å². The van der Waals surface area contributed by atoms with Crippen LogP contribution in [0.1, 0.15) is 27.0 Å². The normalized spacial score (nSPS) is 12.2. The molecule has 4 nitrogen and oxygen atoms in total. The van der Waals surface area contributed by atoms with E-state index >= 15 is 0 Å². The Kier molecular flexibility index (Phi) is 5.96.